The van der Waals surface area contributed by atoms with Crippen LogP contribution in [0.4, 0.5) is 0 Å². The maximum atomic E-state index is 9.31. The molecule has 0 saturated heterocycles. The Kier molecular flexibility index (Phi) is 3.99. The summed E-state index contributed by atoms with van der Waals surface area (Å²) < 4.78 is 122. The van der Waals surface area contributed by atoms with Gasteiger partial charge in [0.15, 0.2) is 0 Å². The first-order valence-corrected chi connectivity index (χ1v) is 15.8. The molecule has 1 aromatic heterocycles. The number of furan rings is 1. The maximum absolute atomic E-state index is 9.31. The molecule has 49 heavy (non-hydrogen) atoms. The summed E-state index contributed by atoms with van der Waals surface area (Å²) in [6.07, 6.45) is 0. The molecule has 0 radical (unpaired) electrons. The first-order chi connectivity index (χ1) is 29.7. The lowest BCUT2D eigenvalue weighted by Gasteiger charge is -2.18. The third-order valence-corrected chi connectivity index (χ3v) is 9.17. The molecule has 0 spiro atoms. The van der Waals surface area contributed by atoms with Crippen molar-refractivity contribution in [1.29, 1.82) is 0 Å². The fourth-order valence-electron chi connectivity index (χ4n) is 6.95. The van der Waals surface area contributed by atoms with Gasteiger partial charge in [-0.3, -0.25) is 0 Å². The topological polar surface area (TPSA) is 13.1 Å². The summed E-state index contributed by atoms with van der Waals surface area (Å²) in [5.74, 6) is 0. The number of hydrogen-bond acceptors (Lipinski definition) is 1. The highest BCUT2D eigenvalue weighted by Crippen LogP contribution is 2.45. The normalized spacial score (nSPS) is 15.4. The molecule has 228 valence electrons. The van der Waals surface area contributed by atoms with Crippen molar-refractivity contribution in [3.8, 4) is 44.5 Å². The highest BCUT2D eigenvalue weighted by Gasteiger charge is 2.18. The molecule has 10 aromatic rings. The molecule has 0 aliphatic heterocycles. The highest BCUT2D eigenvalue weighted by atomic mass is 16.3. The zero-order valence-electron chi connectivity index (χ0n) is 38.7. The van der Waals surface area contributed by atoms with Crippen LogP contribution in [-0.2, 0) is 0 Å². The Morgan fingerprint density at radius 1 is 0.367 bits per heavy atom. The van der Waals surface area contributed by atoms with E-state index in [-0.39, 0.29) is 32.7 Å². The molecule has 0 atom stereocenters. The molecule has 0 saturated carbocycles. The highest BCUT2D eigenvalue weighted by molar-refractivity contribution is 6.21. The zero-order valence-corrected chi connectivity index (χ0v) is 25.7. The molecule has 0 aliphatic carbocycles. The SMILES string of the molecule is [2H]c1c([2H])c([2H])c(-c2c3c([2H])c([2H])c([2H])c([2H])c3c(-c3cccc(-c4cccc5c4oc4cc(-c6ccc7ccccc7c6)ccc45)c3)c3c([2H])c([2H])c([2H])c([2H])c23)c([2H])c1[2H]. The lowest BCUT2D eigenvalue weighted by molar-refractivity contribution is 0.670. The smallest absolute Gasteiger partial charge is 0.143 e. The zero-order chi connectivity index (χ0) is 43.6. The average molecular weight is 636 g/mol. The van der Waals surface area contributed by atoms with E-state index < -0.39 is 84.1 Å². The van der Waals surface area contributed by atoms with Gasteiger partial charge in [0.05, 0.1) is 17.8 Å². The first-order valence-electron chi connectivity index (χ1n) is 22.3. The molecule has 0 N–H and O–H groups in total. The van der Waals surface area contributed by atoms with Gasteiger partial charge in [0.1, 0.15) is 11.2 Å². The van der Waals surface area contributed by atoms with E-state index in [0.717, 1.165) is 32.7 Å². The summed E-state index contributed by atoms with van der Waals surface area (Å²) in [6, 6.07) is 25.0. The number of rotatable bonds is 4. The Bertz CT molecular complexity index is 3520. The van der Waals surface area contributed by atoms with E-state index in [2.05, 4.69) is 36.4 Å². The molecule has 0 amide bonds. The summed E-state index contributed by atoms with van der Waals surface area (Å²) in [7, 11) is 0. The first kappa shape index (κ1) is 17.6. The van der Waals surface area contributed by atoms with E-state index in [0.29, 0.717) is 27.9 Å². The second-order valence-corrected chi connectivity index (χ2v) is 11.9. The van der Waals surface area contributed by atoms with Crippen molar-refractivity contribution in [3.05, 3.63) is 182 Å². The Morgan fingerprint density at radius 3 is 1.73 bits per heavy atom. The van der Waals surface area contributed by atoms with Crippen LogP contribution in [-0.4, -0.2) is 0 Å². The van der Waals surface area contributed by atoms with E-state index in [1.54, 1.807) is 18.2 Å². The van der Waals surface area contributed by atoms with Crippen LogP contribution >= 0.6 is 0 Å². The standard InChI is InChI=1S/C48H30O/c1-2-13-32(14-3-1)46-40-18-6-8-20-42(40)47(43-21-9-7-19-41(43)46)37-17-10-16-36(29-37)38-22-11-23-44-39-27-26-35(30-45(39)49-48(38)44)34-25-24-31-12-4-5-15-33(31)28-34/h1-30H/i1D,2D,3D,6D,7D,8D,9D,13D,14D,18D,19D,20D,21D. The third kappa shape index (κ3) is 4.47. The third-order valence-electron chi connectivity index (χ3n) is 9.17. The quantitative estimate of drug-likeness (QED) is 0.175. The minimum Gasteiger partial charge on any atom is -0.455 e. The van der Waals surface area contributed by atoms with Crippen molar-refractivity contribution in [2.75, 3.05) is 0 Å². The second kappa shape index (κ2) is 11.1. The van der Waals surface area contributed by atoms with Crippen molar-refractivity contribution in [3.63, 3.8) is 0 Å². The summed E-state index contributed by atoms with van der Waals surface area (Å²) in [5.41, 5.74) is 4.23. The molecule has 0 bridgehead atoms. The van der Waals surface area contributed by atoms with Gasteiger partial charge in [0.25, 0.3) is 0 Å². The van der Waals surface area contributed by atoms with E-state index in [1.807, 2.05) is 48.5 Å². The van der Waals surface area contributed by atoms with E-state index in [1.165, 1.54) is 0 Å². The minimum absolute atomic E-state index is 0.0591. The number of para-hydroxylation sites is 1. The molecule has 0 unspecified atom stereocenters. The molecule has 1 heteroatoms. The molecule has 9 aromatic carbocycles. The fourth-order valence-corrected chi connectivity index (χ4v) is 6.95. The van der Waals surface area contributed by atoms with Crippen LogP contribution in [0.25, 0.3) is 98.8 Å². The molecule has 0 fully saturated rings. The van der Waals surface area contributed by atoms with Crippen LogP contribution in [0.5, 0.6) is 0 Å². The van der Waals surface area contributed by atoms with E-state index >= 15 is 0 Å². The predicted molar refractivity (Wildman–Crippen MR) is 208 cm³/mol. The number of benzene rings is 9. The Labute approximate surface area is 302 Å². The molecule has 10 rings (SSSR count). The summed E-state index contributed by atoms with van der Waals surface area (Å²) in [4.78, 5) is 0. The average Bonchev–Trinajstić information content (AvgIpc) is 3.67. The summed E-state index contributed by atoms with van der Waals surface area (Å²) in [6.45, 7) is 0. The van der Waals surface area contributed by atoms with Gasteiger partial charge < -0.3 is 4.42 Å². The van der Waals surface area contributed by atoms with Crippen LogP contribution < -0.4 is 0 Å². The van der Waals surface area contributed by atoms with Crippen LogP contribution in [0.3, 0.4) is 0 Å². The summed E-state index contributed by atoms with van der Waals surface area (Å²) >= 11 is 0. The van der Waals surface area contributed by atoms with Crippen molar-refractivity contribution < 1.29 is 22.2 Å². The second-order valence-electron chi connectivity index (χ2n) is 11.9. The molecule has 0 aliphatic rings. The fraction of sp³-hybridized carbons (Fsp3) is 0. The van der Waals surface area contributed by atoms with E-state index in [4.69, 9.17) is 16.8 Å². The largest absolute Gasteiger partial charge is 0.455 e. The van der Waals surface area contributed by atoms with E-state index in [9.17, 15) is 5.48 Å². The predicted octanol–water partition coefficient (Wildman–Crippen LogP) is 13.7. The minimum atomic E-state index is -0.717. The maximum Gasteiger partial charge on any atom is 0.143 e. The van der Waals surface area contributed by atoms with Crippen molar-refractivity contribution in [2.24, 2.45) is 0 Å². The molecule has 1 heterocycles. The number of hydrogen-bond donors (Lipinski definition) is 0. The van der Waals surface area contributed by atoms with Gasteiger partial charge in [-0.05, 0) is 95.5 Å². The van der Waals surface area contributed by atoms with Crippen LogP contribution in [0.1, 0.15) is 17.8 Å². The Hall–Kier alpha value is -6.44. The van der Waals surface area contributed by atoms with Gasteiger partial charge in [0.2, 0.25) is 0 Å². The molecular formula is C48H30O. The van der Waals surface area contributed by atoms with Gasteiger partial charge >= 0.3 is 0 Å². The molecular weight excluding hydrogens is 593 g/mol. The van der Waals surface area contributed by atoms with Crippen molar-refractivity contribution in [1.82, 2.24) is 0 Å². The van der Waals surface area contributed by atoms with Crippen molar-refractivity contribution >= 4 is 54.3 Å². The number of fused-ring (bicyclic) bond motifs is 6. The lowest BCUT2D eigenvalue weighted by atomic mass is 9.85. The molecule has 1 nitrogen and oxygen atoms in total. The van der Waals surface area contributed by atoms with Crippen LogP contribution in [0, 0.1) is 0 Å². The van der Waals surface area contributed by atoms with Gasteiger partial charge in [-0.2, -0.15) is 0 Å². The van der Waals surface area contributed by atoms with Gasteiger partial charge in [-0.25, -0.2) is 0 Å². The van der Waals surface area contributed by atoms with Gasteiger partial charge in [-0.1, -0.05) is 157 Å². The van der Waals surface area contributed by atoms with Crippen LogP contribution in [0.15, 0.2) is 186 Å². The lowest BCUT2D eigenvalue weighted by Crippen LogP contribution is -1.91. The van der Waals surface area contributed by atoms with Crippen LogP contribution in [0.2, 0.25) is 0 Å². The van der Waals surface area contributed by atoms with Gasteiger partial charge in [0, 0.05) is 16.3 Å². The van der Waals surface area contributed by atoms with Gasteiger partial charge in [-0.15, -0.1) is 0 Å². The monoisotopic (exact) mass is 635 g/mol. The Balaban J connectivity index is 1.27. The van der Waals surface area contributed by atoms with Crippen molar-refractivity contribution in [2.45, 2.75) is 0 Å². The Morgan fingerprint density at radius 2 is 0.980 bits per heavy atom. The summed E-state index contributed by atoms with van der Waals surface area (Å²) in [5, 5.41) is 3.21.